The molecule has 0 N–H and O–H groups in total. The van der Waals surface area contributed by atoms with Crippen LogP contribution in [-0.4, -0.2) is 62.7 Å². The van der Waals surface area contributed by atoms with Crippen molar-refractivity contribution in [2.24, 2.45) is 21.8 Å². The van der Waals surface area contributed by atoms with Gasteiger partial charge in [0.25, 0.3) is 0 Å². The molecule has 0 radical (unpaired) electrons. The lowest BCUT2D eigenvalue weighted by Crippen LogP contribution is -2.47. The highest BCUT2D eigenvalue weighted by Crippen LogP contribution is 2.42. The van der Waals surface area contributed by atoms with E-state index in [1.54, 1.807) is 47.0 Å². The molecule has 190 valence electrons. The Labute approximate surface area is 207 Å². The summed E-state index contributed by atoms with van der Waals surface area (Å²) in [6, 6.07) is 6.81. The summed E-state index contributed by atoms with van der Waals surface area (Å²) in [6.07, 6.45) is 3.84. The van der Waals surface area contributed by atoms with E-state index < -0.39 is 41.7 Å². The highest BCUT2D eigenvalue weighted by Gasteiger charge is 2.49. The average Bonchev–Trinajstić information content (AvgIpc) is 2.82. The van der Waals surface area contributed by atoms with E-state index in [2.05, 4.69) is 9.98 Å². The number of esters is 3. The van der Waals surface area contributed by atoms with Crippen molar-refractivity contribution in [3.63, 3.8) is 0 Å². The summed E-state index contributed by atoms with van der Waals surface area (Å²) in [5.74, 6) is -3.56. The quantitative estimate of drug-likeness (QED) is 0.215. The Balaban J connectivity index is 2.79. The fourth-order valence-electron chi connectivity index (χ4n) is 4.46. The first-order valence-corrected chi connectivity index (χ1v) is 12.1. The zero-order valence-corrected chi connectivity index (χ0v) is 21.4. The van der Waals surface area contributed by atoms with Crippen LogP contribution >= 0.6 is 0 Å². The minimum Gasteiger partial charge on any atom is -0.466 e. The van der Waals surface area contributed by atoms with Crippen LogP contribution in [0.2, 0.25) is 0 Å². The molecule has 8 heteroatoms. The van der Waals surface area contributed by atoms with Crippen molar-refractivity contribution in [2.75, 3.05) is 26.9 Å². The Morgan fingerprint density at radius 1 is 0.971 bits per heavy atom. The van der Waals surface area contributed by atoms with E-state index in [9.17, 15) is 14.4 Å². The molecule has 1 aromatic rings. The van der Waals surface area contributed by atoms with E-state index in [0.717, 1.165) is 5.56 Å². The zero-order valence-electron chi connectivity index (χ0n) is 21.4. The van der Waals surface area contributed by atoms with Crippen molar-refractivity contribution in [1.82, 2.24) is 0 Å². The molecule has 0 fully saturated rings. The van der Waals surface area contributed by atoms with Gasteiger partial charge < -0.3 is 14.2 Å². The van der Waals surface area contributed by atoms with Gasteiger partial charge in [-0.1, -0.05) is 31.2 Å². The number of carbonyl (C=O) groups excluding carboxylic acids is 3. The molecule has 1 aliphatic rings. The summed E-state index contributed by atoms with van der Waals surface area (Å²) in [4.78, 5) is 47.7. The smallest absolute Gasteiger partial charge is 0.333 e. The predicted octanol–water partition coefficient (Wildman–Crippen LogP) is 4.03. The number of benzene rings is 1. The van der Waals surface area contributed by atoms with E-state index in [4.69, 9.17) is 14.2 Å². The molecular formula is C27H36N2O6. The summed E-state index contributed by atoms with van der Waals surface area (Å²) >= 11 is 0. The standard InChI is InChI=1S/C27H36N2O6/c1-7-18(25(30)33-8-2)15-19-13-11-12-14-20(19)23-22(26(31)34-9-3)17(5)29-21(16-28-6)24(23)27(32)35-10-4/h11-16,21-24H,7-10H2,1-6H3. The molecule has 0 bridgehead atoms. The first-order chi connectivity index (χ1) is 16.8. The Bertz CT molecular complexity index is 997. The molecule has 4 atom stereocenters. The first-order valence-electron chi connectivity index (χ1n) is 12.1. The molecular weight excluding hydrogens is 448 g/mol. The van der Waals surface area contributed by atoms with E-state index in [1.165, 1.54) is 0 Å². The van der Waals surface area contributed by atoms with Crippen LogP contribution in [0.5, 0.6) is 0 Å². The van der Waals surface area contributed by atoms with Crippen LogP contribution < -0.4 is 0 Å². The van der Waals surface area contributed by atoms with Crippen LogP contribution in [0.4, 0.5) is 0 Å². The Hall–Kier alpha value is -3.29. The average molecular weight is 485 g/mol. The maximum Gasteiger partial charge on any atom is 0.333 e. The molecule has 0 saturated heterocycles. The van der Waals surface area contributed by atoms with E-state index in [-0.39, 0.29) is 19.8 Å². The van der Waals surface area contributed by atoms with Crippen molar-refractivity contribution in [3.8, 4) is 0 Å². The van der Waals surface area contributed by atoms with E-state index in [1.807, 2.05) is 31.2 Å². The van der Waals surface area contributed by atoms with Crippen molar-refractivity contribution >= 4 is 35.9 Å². The Morgan fingerprint density at radius 2 is 1.60 bits per heavy atom. The lowest BCUT2D eigenvalue weighted by Gasteiger charge is -2.38. The Morgan fingerprint density at radius 3 is 2.20 bits per heavy atom. The summed E-state index contributed by atoms with van der Waals surface area (Å²) in [6.45, 7) is 9.52. The van der Waals surface area contributed by atoms with Gasteiger partial charge in [0.15, 0.2) is 0 Å². The fourth-order valence-corrected chi connectivity index (χ4v) is 4.46. The van der Waals surface area contributed by atoms with Crippen LogP contribution in [0.15, 0.2) is 39.8 Å². The summed E-state index contributed by atoms with van der Waals surface area (Å²) in [5, 5.41) is 0. The van der Waals surface area contributed by atoms with Crippen LogP contribution in [0.25, 0.3) is 6.08 Å². The lowest BCUT2D eigenvalue weighted by molar-refractivity contribution is -0.152. The highest BCUT2D eigenvalue weighted by molar-refractivity contribution is 6.05. The topological polar surface area (TPSA) is 104 Å². The lowest BCUT2D eigenvalue weighted by atomic mass is 9.69. The molecule has 4 unspecified atom stereocenters. The third kappa shape index (κ3) is 6.65. The number of ether oxygens (including phenoxy) is 3. The van der Waals surface area contributed by atoms with Gasteiger partial charge in [0.2, 0.25) is 0 Å². The molecule has 0 spiro atoms. The largest absolute Gasteiger partial charge is 0.466 e. The second kappa shape index (κ2) is 13.6. The highest BCUT2D eigenvalue weighted by atomic mass is 16.5. The van der Waals surface area contributed by atoms with Gasteiger partial charge in [-0.2, -0.15) is 0 Å². The number of hydrogen-bond donors (Lipinski definition) is 0. The molecule has 8 nitrogen and oxygen atoms in total. The predicted molar refractivity (Wildman–Crippen MR) is 136 cm³/mol. The first kappa shape index (κ1) is 28.0. The van der Waals surface area contributed by atoms with Gasteiger partial charge in [-0.05, 0) is 51.3 Å². The molecule has 0 saturated carbocycles. The third-order valence-electron chi connectivity index (χ3n) is 5.92. The SMILES string of the molecule is CCOC(=O)C(=Cc1ccccc1C1C(C(=O)OCC)C(C)=NC(C=NC)C1C(=O)OCC)CC. The third-order valence-corrected chi connectivity index (χ3v) is 5.92. The molecule has 35 heavy (non-hydrogen) atoms. The summed E-state index contributed by atoms with van der Waals surface area (Å²) in [7, 11) is 1.61. The molecule has 0 amide bonds. The molecule has 1 heterocycles. The second-order valence-electron chi connectivity index (χ2n) is 8.07. The van der Waals surface area contributed by atoms with Crippen molar-refractivity contribution in [1.29, 1.82) is 0 Å². The number of nitrogens with zero attached hydrogens (tertiary/aromatic N) is 2. The minimum atomic E-state index is -0.807. The number of carbonyl (C=O) groups is 3. The van der Waals surface area contributed by atoms with Crippen LogP contribution in [0, 0.1) is 11.8 Å². The van der Waals surface area contributed by atoms with Gasteiger partial charge in [-0.3, -0.25) is 19.6 Å². The van der Waals surface area contributed by atoms with Crippen LogP contribution in [0.3, 0.4) is 0 Å². The number of hydrogen-bond acceptors (Lipinski definition) is 8. The maximum atomic E-state index is 13.3. The van der Waals surface area contributed by atoms with Gasteiger partial charge in [-0.15, -0.1) is 0 Å². The molecule has 1 aromatic carbocycles. The summed E-state index contributed by atoms with van der Waals surface area (Å²) < 4.78 is 16.0. The van der Waals surface area contributed by atoms with Crippen LogP contribution in [-0.2, 0) is 28.6 Å². The van der Waals surface area contributed by atoms with Gasteiger partial charge in [0.1, 0.15) is 5.92 Å². The summed E-state index contributed by atoms with van der Waals surface area (Å²) in [5.41, 5.74) is 2.49. The van der Waals surface area contributed by atoms with Gasteiger partial charge in [0.05, 0.1) is 31.8 Å². The molecule has 0 aliphatic carbocycles. The van der Waals surface area contributed by atoms with E-state index in [0.29, 0.717) is 23.3 Å². The fraction of sp³-hybridized carbons (Fsp3) is 0.519. The molecule has 1 aliphatic heterocycles. The maximum absolute atomic E-state index is 13.3. The normalized spacial score (nSPS) is 22.5. The van der Waals surface area contributed by atoms with Crippen molar-refractivity contribution in [2.45, 2.75) is 53.0 Å². The van der Waals surface area contributed by atoms with Crippen molar-refractivity contribution in [3.05, 3.63) is 41.0 Å². The minimum absolute atomic E-state index is 0.190. The molecule has 0 aromatic heterocycles. The van der Waals surface area contributed by atoms with Gasteiger partial charge >= 0.3 is 17.9 Å². The zero-order chi connectivity index (χ0) is 26.0. The number of rotatable bonds is 10. The van der Waals surface area contributed by atoms with Crippen LogP contribution in [0.1, 0.15) is 58.1 Å². The number of aliphatic imine (C=N–C) groups is 2. The van der Waals surface area contributed by atoms with E-state index >= 15 is 0 Å². The van der Waals surface area contributed by atoms with Crippen molar-refractivity contribution < 1.29 is 28.6 Å². The van der Waals surface area contributed by atoms with Gasteiger partial charge in [-0.25, -0.2) is 4.79 Å². The monoisotopic (exact) mass is 484 g/mol. The van der Waals surface area contributed by atoms with Gasteiger partial charge in [0, 0.05) is 30.5 Å². The molecule has 2 rings (SSSR count). The second-order valence-corrected chi connectivity index (χ2v) is 8.07. The Kier molecular flexibility index (Phi) is 10.8.